The molecule has 1 aliphatic rings. The van der Waals surface area contributed by atoms with E-state index in [1.807, 2.05) is 0 Å². The van der Waals surface area contributed by atoms with E-state index in [4.69, 9.17) is 0 Å². The fourth-order valence-corrected chi connectivity index (χ4v) is 2.32. The molecule has 2 heterocycles. The molecular formula is C15H24F2N8. The molecule has 25 heavy (non-hydrogen) atoms. The number of hydrogen-bond acceptors (Lipinski definition) is 8. The number of hydrogen-bond donors (Lipinski definition) is 4. The minimum Gasteiger partial charge on any atom is -0.360 e. The van der Waals surface area contributed by atoms with Crippen LogP contribution in [0.5, 0.6) is 0 Å². The first-order chi connectivity index (χ1) is 11.9. The van der Waals surface area contributed by atoms with Crippen molar-refractivity contribution < 1.29 is 8.78 Å². The number of hydrazone groups is 1. The van der Waals surface area contributed by atoms with Crippen LogP contribution < -0.4 is 21.5 Å². The normalized spacial score (nSPS) is 19.4. The van der Waals surface area contributed by atoms with Crippen LogP contribution in [0.15, 0.2) is 29.5 Å². The van der Waals surface area contributed by atoms with Crippen molar-refractivity contribution in [1.82, 2.24) is 31.3 Å². The number of nitrogens with zero attached hydrogens (tertiary/aromatic N) is 4. The molecule has 1 unspecified atom stereocenters. The molecule has 1 aromatic rings. The van der Waals surface area contributed by atoms with Crippen molar-refractivity contribution in [2.45, 2.75) is 12.0 Å². The van der Waals surface area contributed by atoms with E-state index < -0.39 is 12.0 Å². The summed E-state index contributed by atoms with van der Waals surface area (Å²) in [4.78, 5) is 4.42. The van der Waals surface area contributed by atoms with Gasteiger partial charge in [0.05, 0.1) is 17.9 Å². The van der Waals surface area contributed by atoms with Gasteiger partial charge in [0.1, 0.15) is 11.9 Å². The number of aromatic nitrogens is 1. The molecule has 8 nitrogen and oxygen atoms in total. The lowest BCUT2D eigenvalue weighted by Gasteiger charge is -2.25. The second kappa shape index (κ2) is 8.08. The van der Waals surface area contributed by atoms with E-state index in [1.165, 1.54) is 5.12 Å². The van der Waals surface area contributed by atoms with E-state index in [9.17, 15) is 8.78 Å². The molecule has 1 aromatic heterocycles. The predicted molar refractivity (Wildman–Crippen MR) is 94.7 cm³/mol. The largest absolute Gasteiger partial charge is 0.360 e. The van der Waals surface area contributed by atoms with E-state index in [0.29, 0.717) is 17.2 Å². The summed E-state index contributed by atoms with van der Waals surface area (Å²) < 4.78 is 27.5. The zero-order chi connectivity index (χ0) is 18.4. The maximum absolute atomic E-state index is 13.8. The SMILES string of the molecule is C=NN(C)N(C)/C=C(\NNC)c1cccc(NC2CNCC2(F)F)n1. The fourth-order valence-electron chi connectivity index (χ4n) is 2.32. The molecule has 2 rings (SSSR count). The van der Waals surface area contributed by atoms with Crippen LogP contribution in [-0.2, 0) is 0 Å². The van der Waals surface area contributed by atoms with Crippen LogP contribution in [0.1, 0.15) is 5.69 Å². The standard InChI is InChI=1S/C15H24F2N8/c1-18-23-12(9-24(3)25(4)19-2)11-6-5-7-14(21-11)22-13-8-20-10-15(13,16)17/h5-7,9,13,18,20,23H,2,8,10H2,1,3-4H3,(H,21,22)/b12-9-. The summed E-state index contributed by atoms with van der Waals surface area (Å²) in [7, 11) is 5.25. The van der Waals surface area contributed by atoms with E-state index in [2.05, 4.69) is 38.3 Å². The van der Waals surface area contributed by atoms with E-state index in [0.717, 1.165) is 0 Å². The monoisotopic (exact) mass is 354 g/mol. The van der Waals surface area contributed by atoms with Crippen LogP contribution in [0.25, 0.3) is 5.70 Å². The molecule has 0 aliphatic carbocycles. The Labute approximate surface area is 145 Å². The van der Waals surface area contributed by atoms with Crippen molar-refractivity contribution in [1.29, 1.82) is 0 Å². The zero-order valence-electron chi connectivity index (χ0n) is 14.6. The quantitative estimate of drug-likeness (QED) is 0.400. The van der Waals surface area contributed by atoms with Gasteiger partial charge >= 0.3 is 0 Å². The Morgan fingerprint density at radius 2 is 2.24 bits per heavy atom. The number of rotatable bonds is 8. The number of nitrogens with one attached hydrogen (secondary N) is 4. The topological polar surface area (TPSA) is 79.8 Å². The van der Waals surface area contributed by atoms with Gasteiger partial charge in [-0.15, -0.1) is 0 Å². The molecule has 1 saturated heterocycles. The van der Waals surface area contributed by atoms with Crippen LogP contribution in [0.3, 0.4) is 0 Å². The summed E-state index contributed by atoms with van der Waals surface area (Å²) in [5.41, 5.74) is 7.03. The van der Waals surface area contributed by atoms with Crippen molar-refractivity contribution in [2.75, 3.05) is 39.5 Å². The molecule has 10 heteroatoms. The lowest BCUT2D eigenvalue weighted by Crippen LogP contribution is -2.38. The first-order valence-electron chi connectivity index (χ1n) is 7.77. The van der Waals surface area contributed by atoms with Gasteiger partial charge < -0.3 is 16.1 Å². The highest BCUT2D eigenvalue weighted by atomic mass is 19.3. The van der Waals surface area contributed by atoms with Crippen molar-refractivity contribution >= 4 is 18.2 Å². The van der Waals surface area contributed by atoms with Crippen molar-refractivity contribution in [3.05, 3.63) is 30.1 Å². The molecular weight excluding hydrogens is 330 g/mol. The van der Waals surface area contributed by atoms with Gasteiger partial charge in [-0.3, -0.25) is 5.01 Å². The Balaban J connectivity index is 2.22. The van der Waals surface area contributed by atoms with E-state index in [-0.39, 0.29) is 13.1 Å². The molecule has 1 fully saturated rings. The summed E-state index contributed by atoms with van der Waals surface area (Å²) in [5.74, 6) is -2.43. The number of pyridine rings is 1. The number of alkyl halides is 2. The zero-order valence-corrected chi connectivity index (χ0v) is 14.6. The second-order valence-electron chi connectivity index (χ2n) is 5.62. The van der Waals surface area contributed by atoms with Crippen LogP contribution >= 0.6 is 0 Å². The predicted octanol–water partition coefficient (Wildman–Crippen LogP) is 0.517. The maximum Gasteiger partial charge on any atom is 0.281 e. The molecule has 0 saturated carbocycles. The molecule has 4 N–H and O–H groups in total. The third kappa shape index (κ3) is 4.77. The number of anilines is 1. The summed E-state index contributed by atoms with van der Waals surface area (Å²) in [6.07, 6.45) is 1.75. The summed E-state index contributed by atoms with van der Waals surface area (Å²) in [6, 6.07) is 4.21. The smallest absolute Gasteiger partial charge is 0.281 e. The van der Waals surface area contributed by atoms with Crippen LogP contribution in [0.4, 0.5) is 14.6 Å². The molecule has 0 radical (unpaired) electrons. The Kier molecular flexibility index (Phi) is 6.10. The van der Waals surface area contributed by atoms with Gasteiger partial charge in [0.25, 0.3) is 5.92 Å². The third-order valence-electron chi connectivity index (χ3n) is 3.80. The Hall–Kier alpha value is -2.46. The second-order valence-corrected chi connectivity index (χ2v) is 5.62. The number of hydrazine groups is 2. The Bertz CT molecular complexity index is 621. The molecule has 0 aromatic carbocycles. The molecule has 138 valence electrons. The maximum atomic E-state index is 13.8. The lowest BCUT2D eigenvalue weighted by molar-refractivity contribution is 0.0138. The highest BCUT2D eigenvalue weighted by molar-refractivity contribution is 5.61. The molecule has 0 amide bonds. The summed E-state index contributed by atoms with van der Waals surface area (Å²) in [6.45, 7) is 3.32. The van der Waals surface area contributed by atoms with Crippen LogP contribution in [-0.4, -0.2) is 68.0 Å². The average molecular weight is 354 g/mol. The van der Waals surface area contributed by atoms with Crippen molar-refractivity contribution in [3.63, 3.8) is 0 Å². The van der Waals surface area contributed by atoms with Gasteiger partial charge in [-0.25, -0.2) is 24.3 Å². The van der Waals surface area contributed by atoms with Gasteiger partial charge in [0.2, 0.25) is 0 Å². The third-order valence-corrected chi connectivity index (χ3v) is 3.80. The van der Waals surface area contributed by atoms with Gasteiger partial charge in [-0.05, 0) is 12.1 Å². The Morgan fingerprint density at radius 1 is 1.48 bits per heavy atom. The summed E-state index contributed by atoms with van der Waals surface area (Å²) >= 11 is 0. The molecule has 1 aliphatic heterocycles. The first-order valence-corrected chi connectivity index (χ1v) is 7.77. The van der Waals surface area contributed by atoms with Crippen LogP contribution in [0, 0.1) is 0 Å². The highest BCUT2D eigenvalue weighted by Gasteiger charge is 2.44. The van der Waals surface area contributed by atoms with Gasteiger partial charge in [-0.2, -0.15) is 5.10 Å². The van der Waals surface area contributed by atoms with Crippen molar-refractivity contribution in [3.8, 4) is 0 Å². The summed E-state index contributed by atoms with van der Waals surface area (Å²) in [5, 5.41) is 12.5. The van der Waals surface area contributed by atoms with Gasteiger partial charge in [0.15, 0.2) is 0 Å². The first kappa shape index (κ1) is 18.9. The molecule has 1 atom stereocenters. The Morgan fingerprint density at radius 3 is 2.84 bits per heavy atom. The number of halogens is 2. The highest BCUT2D eigenvalue weighted by Crippen LogP contribution is 2.25. The van der Waals surface area contributed by atoms with Gasteiger partial charge in [-0.1, -0.05) is 6.07 Å². The van der Waals surface area contributed by atoms with Crippen LogP contribution in [0.2, 0.25) is 0 Å². The average Bonchev–Trinajstić information content (AvgIpc) is 2.92. The van der Waals surface area contributed by atoms with Crippen molar-refractivity contribution in [2.24, 2.45) is 5.10 Å². The van der Waals surface area contributed by atoms with E-state index in [1.54, 1.807) is 50.6 Å². The molecule has 0 spiro atoms. The van der Waals surface area contributed by atoms with E-state index >= 15 is 0 Å². The lowest BCUT2D eigenvalue weighted by atomic mass is 10.2. The van der Waals surface area contributed by atoms with Gasteiger partial charge in [0, 0.05) is 40.6 Å². The minimum atomic E-state index is -2.81. The molecule has 0 bridgehead atoms. The fraction of sp³-hybridized carbons (Fsp3) is 0.467. The minimum absolute atomic E-state index is 0.189.